The van der Waals surface area contributed by atoms with Crippen LogP contribution in [-0.2, 0) is 13.0 Å². The molecule has 0 aromatic heterocycles. The number of benzene rings is 4. The molecular weight excluding hydrogens is 500 g/mol. The zero-order valence-electron chi connectivity index (χ0n) is 22.4. The number of fused-ring (bicyclic) bond motifs is 2. The Morgan fingerprint density at radius 1 is 0.850 bits per heavy atom. The molecule has 0 saturated heterocycles. The number of carbonyl (C=O) groups is 2. The molecule has 0 N–H and O–H groups in total. The molecule has 6 rings (SSSR count). The minimum absolute atomic E-state index is 0.0149. The van der Waals surface area contributed by atoms with Gasteiger partial charge in [0.2, 0.25) is 6.79 Å². The smallest absolute Gasteiger partial charge is 0.231 e. The standard InChI is InChI=1S/C34H28N2O4/c1-22(37)25-6-4-7-26(18-25)32(38)16-24-5-3-8-28(15-24)36(2)29-11-12-30-27(19-29)20-35-31(30)13-9-23-10-14-33-34(17-23)40-21-39-33/h3-15,17-19H,16,20-21H2,1-2H3/b13-9+. The van der Waals surface area contributed by atoms with E-state index < -0.39 is 0 Å². The maximum Gasteiger partial charge on any atom is 0.231 e. The highest BCUT2D eigenvalue weighted by atomic mass is 16.7. The predicted octanol–water partition coefficient (Wildman–Crippen LogP) is 6.83. The van der Waals surface area contributed by atoms with Crippen molar-refractivity contribution < 1.29 is 19.1 Å². The van der Waals surface area contributed by atoms with E-state index in [4.69, 9.17) is 14.5 Å². The number of allylic oxidation sites excluding steroid dienone is 1. The van der Waals surface area contributed by atoms with Crippen molar-refractivity contribution in [3.05, 3.63) is 124 Å². The lowest BCUT2D eigenvalue weighted by Gasteiger charge is -2.21. The topological polar surface area (TPSA) is 68.2 Å². The molecule has 0 atom stereocenters. The first-order valence-corrected chi connectivity index (χ1v) is 13.2. The van der Waals surface area contributed by atoms with Gasteiger partial charge in [-0.2, -0.15) is 0 Å². The third-order valence-corrected chi connectivity index (χ3v) is 7.26. The summed E-state index contributed by atoms with van der Waals surface area (Å²) in [7, 11) is 2.02. The average Bonchev–Trinajstić information content (AvgIpc) is 3.62. The lowest BCUT2D eigenvalue weighted by atomic mass is 9.99. The molecule has 0 radical (unpaired) electrons. The minimum Gasteiger partial charge on any atom is -0.454 e. The van der Waals surface area contributed by atoms with Crippen LogP contribution in [-0.4, -0.2) is 31.1 Å². The van der Waals surface area contributed by atoms with Gasteiger partial charge >= 0.3 is 0 Å². The molecule has 198 valence electrons. The van der Waals surface area contributed by atoms with Gasteiger partial charge < -0.3 is 14.4 Å². The van der Waals surface area contributed by atoms with E-state index in [0.29, 0.717) is 17.7 Å². The summed E-state index contributed by atoms with van der Waals surface area (Å²) in [5.41, 5.74) is 8.34. The Bertz CT molecular complexity index is 1700. The fourth-order valence-electron chi connectivity index (χ4n) is 4.98. The summed E-state index contributed by atoms with van der Waals surface area (Å²) in [5, 5.41) is 0. The highest BCUT2D eigenvalue weighted by molar-refractivity contribution is 6.13. The van der Waals surface area contributed by atoms with Gasteiger partial charge in [-0.05, 0) is 72.2 Å². The SMILES string of the molecule is CC(=O)c1cccc(C(=O)Cc2cccc(N(C)c3ccc4c(c3)CN=C4/C=C/c3ccc4c(c3)OCO4)c2)c1. The fraction of sp³-hybridized carbons (Fsp3) is 0.147. The number of anilines is 2. The maximum atomic E-state index is 12.9. The molecule has 0 bridgehead atoms. The van der Waals surface area contributed by atoms with E-state index in [1.807, 2.05) is 61.7 Å². The number of nitrogens with zero attached hydrogens (tertiary/aromatic N) is 2. The summed E-state index contributed by atoms with van der Waals surface area (Å²) in [6.07, 6.45) is 4.35. The van der Waals surface area contributed by atoms with Gasteiger partial charge in [0.15, 0.2) is 23.1 Å². The van der Waals surface area contributed by atoms with Gasteiger partial charge in [-0.25, -0.2) is 0 Å². The Labute approximate surface area is 233 Å². The zero-order chi connectivity index (χ0) is 27.6. The molecular formula is C34H28N2O4. The van der Waals surface area contributed by atoms with Crippen molar-refractivity contribution in [3.63, 3.8) is 0 Å². The van der Waals surface area contributed by atoms with Gasteiger partial charge in [0.1, 0.15) is 0 Å². The van der Waals surface area contributed by atoms with E-state index in [-0.39, 0.29) is 24.8 Å². The first-order valence-electron chi connectivity index (χ1n) is 13.2. The van der Waals surface area contributed by atoms with Crippen molar-refractivity contribution in [1.29, 1.82) is 0 Å². The third-order valence-electron chi connectivity index (χ3n) is 7.26. The number of ketones is 2. The normalized spacial score (nSPS) is 13.3. The van der Waals surface area contributed by atoms with E-state index in [0.717, 1.165) is 45.3 Å². The molecule has 6 nitrogen and oxygen atoms in total. The number of aliphatic imine (C=N–C) groups is 1. The van der Waals surface area contributed by atoms with Crippen LogP contribution in [0.3, 0.4) is 0 Å². The van der Waals surface area contributed by atoms with E-state index in [1.165, 1.54) is 12.5 Å². The summed E-state index contributed by atoms with van der Waals surface area (Å²) in [4.78, 5) is 31.5. The summed E-state index contributed by atoms with van der Waals surface area (Å²) in [6, 6.07) is 27.2. The molecule has 0 aliphatic carbocycles. The molecule has 4 aromatic rings. The average molecular weight is 529 g/mol. The van der Waals surface area contributed by atoms with Gasteiger partial charge in [-0.15, -0.1) is 0 Å². The Hall–Kier alpha value is -4.97. The van der Waals surface area contributed by atoms with Crippen LogP contribution in [0.5, 0.6) is 11.5 Å². The number of rotatable bonds is 8. The van der Waals surface area contributed by atoms with Gasteiger partial charge in [-0.3, -0.25) is 14.6 Å². The van der Waals surface area contributed by atoms with E-state index in [9.17, 15) is 9.59 Å². The molecule has 4 aromatic carbocycles. The van der Waals surface area contributed by atoms with Gasteiger partial charge in [0.25, 0.3) is 0 Å². The van der Waals surface area contributed by atoms with Crippen LogP contribution in [0.1, 0.15) is 49.9 Å². The Morgan fingerprint density at radius 3 is 2.52 bits per heavy atom. The first-order chi connectivity index (χ1) is 19.4. The molecule has 2 aliphatic rings. The van der Waals surface area contributed by atoms with Crippen LogP contribution in [0, 0.1) is 0 Å². The number of hydrogen-bond acceptors (Lipinski definition) is 6. The molecule has 0 spiro atoms. The van der Waals surface area contributed by atoms with E-state index in [2.05, 4.69) is 23.1 Å². The largest absolute Gasteiger partial charge is 0.454 e. The Morgan fingerprint density at radius 2 is 1.65 bits per heavy atom. The molecule has 2 heterocycles. The molecule has 0 fully saturated rings. The lowest BCUT2D eigenvalue weighted by molar-refractivity contribution is 0.0993. The molecule has 2 aliphatic heterocycles. The summed E-state index contributed by atoms with van der Waals surface area (Å²) in [5.74, 6) is 1.47. The molecule has 0 saturated carbocycles. The highest BCUT2D eigenvalue weighted by Crippen LogP contribution is 2.33. The van der Waals surface area contributed by atoms with Crippen molar-refractivity contribution in [2.24, 2.45) is 4.99 Å². The number of ether oxygens (including phenoxy) is 2. The second-order valence-electron chi connectivity index (χ2n) is 9.95. The van der Waals surface area contributed by atoms with Crippen LogP contribution in [0.25, 0.3) is 6.08 Å². The quantitative estimate of drug-likeness (QED) is 0.235. The van der Waals surface area contributed by atoms with Crippen LogP contribution in [0.4, 0.5) is 11.4 Å². The summed E-state index contributed by atoms with van der Waals surface area (Å²) < 4.78 is 10.9. The van der Waals surface area contributed by atoms with E-state index in [1.54, 1.807) is 24.3 Å². The monoisotopic (exact) mass is 528 g/mol. The van der Waals surface area contributed by atoms with Crippen LogP contribution < -0.4 is 14.4 Å². The van der Waals surface area contributed by atoms with Crippen LogP contribution >= 0.6 is 0 Å². The van der Waals surface area contributed by atoms with Crippen molar-refractivity contribution in [1.82, 2.24) is 0 Å². The fourth-order valence-corrected chi connectivity index (χ4v) is 4.98. The second-order valence-corrected chi connectivity index (χ2v) is 9.95. The van der Waals surface area contributed by atoms with Crippen molar-refractivity contribution >= 4 is 34.7 Å². The molecule has 0 amide bonds. The zero-order valence-corrected chi connectivity index (χ0v) is 22.4. The van der Waals surface area contributed by atoms with Crippen molar-refractivity contribution in [2.45, 2.75) is 19.9 Å². The van der Waals surface area contributed by atoms with Crippen molar-refractivity contribution in [2.75, 3.05) is 18.7 Å². The minimum atomic E-state index is -0.0501. The lowest BCUT2D eigenvalue weighted by Crippen LogP contribution is -2.11. The van der Waals surface area contributed by atoms with Gasteiger partial charge in [0, 0.05) is 41.5 Å². The number of Topliss-reactive ketones (excluding diaryl/α,β-unsaturated/α-hetero) is 2. The number of carbonyl (C=O) groups excluding carboxylic acids is 2. The predicted molar refractivity (Wildman–Crippen MR) is 157 cm³/mol. The third kappa shape index (κ3) is 5.16. The molecule has 0 unspecified atom stereocenters. The van der Waals surface area contributed by atoms with Crippen LogP contribution in [0.15, 0.2) is 96.0 Å². The summed E-state index contributed by atoms with van der Waals surface area (Å²) in [6.45, 7) is 2.40. The first kappa shape index (κ1) is 25.3. The number of hydrogen-bond donors (Lipinski definition) is 0. The van der Waals surface area contributed by atoms with E-state index >= 15 is 0 Å². The van der Waals surface area contributed by atoms with Crippen molar-refractivity contribution in [3.8, 4) is 11.5 Å². The maximum absolute atomic E-state index is 12.9. The van der Waals surface area contributed by atoms with Gasteiger partial charge in [0.05, 0.1) is 12.3 Å². The van der Waals surface area contributed by atoms with Crippen LogP contribution in [0.2, 0.25) is 0 Å². The summed E-state index contributed by atoms with van der Waals surface area (Å²) >= 11 is 0. The highest BCUT2D eigenvalue weighted by Gasteiger charge is 2.17. The molecule has 40 heavy (non-hydrogen) atoms. The Kier molecular flexibility index (Phi) is 6.74. The van der Waals surface area contributed by atoms with Gasteiger partial charge in [-0.1, -0.05) is 48.5 Å². The second kappa shape index (κ2) is 10.7. The Balaban J connectivity index is 1.15. The molecule has 6 heteroatoms.